The lowest BCUT2D eigenvalue weighted by atomic mass is 9.85. The zero-order valence-electron chi connectivity index (χ0n) is 13.1. The van der Waals surface area contributed by atoms with Crippen molar-refractivity contribution in [3.05, 3.63) is 45.5 Å². The molecule has 0 N–H and O–H groups in total. The predicted molar refractivity (Wildman–Crippen MR) is 81.0 cm³/mol. The first-order valence-electron chi connectivity index (χ1n) is 7.12. The van der Waals surface area contributed by atoms with E-state index in [4.69, 9.17) is 4.74 Å². The monoisotopic (exact) mass is 293 g/mol. The van der Waals surface area contributed by atoms with Crippen molar-refractivity contribution in [3.8, 4) is 0 Å². The summed E-state index contributed by atoms with van der Waals surface area (Å²) in [5, 5.41) is 10.8. The summed E-state index contributed by atoms with van der Waals surface area (Å²) in [6.07, 6.45) is 0.0314. The van der Waals surface area contributed by atoms with Gasteiger partial charge in [0.2, 0.25) is 6.54 Å². The first kappa shape index (κ1) is 17.1. The van der Waals surface area contributed by atoms with E-state index in [0.717, 1.165) is 11.1 Å². The quantitative estimate of drug-likeness (QED) is 0.458. The van der Waals surface area contributed by atoms with Gasteiger partial charge in [-0.1, -0.05) is 45.0 Å². The number of rotatable bonds is 6. The van der Waals surface area contributed by atoms with E-state index in [9.17, 15) is 14.9 Å². The van der Waals surface area contributed by atoms with E-state index >= 15 is 0 Å². The van der Waals surface area contributed by atoms with Gasteiger partial charge in [-0.15, -0.1) is 0 Å². The Labute approximate surface area is 125 Å². The summed E-state index contributed by atoms with van der Waals surface area (Å²) in [6, 6.07) is 7.67. The molecule has 21 heavy (non-hydrogen) atoms. The fraction of sp³-hybridized carbons (Fsp3) is 0.562. The number of nitro groups is 1. The van der Waals surface area contributed by atoms with Gasteiger partial charge in [0.15, 0.2) is 0 Å². The van der Waals surface area contributed by atoms with E-state index in [1.54, 1.807) is 6.92 Å². The molecule has 1 unspecified atom stereocenters. The zero-order chi connectivity index (χ0) is 16.0. The van der Waals surface area contributed by atoms with Crippen molar-refractivity contribution in [3.63, 3.8) is 0 Å². The Kier molecular flexibility index (Phi) is 5.88. The predicted octanol–water partition coefficient (Wildman–Crippen LogP) is 3.30. The second-order valence-corrected chi connectivity index (χ2v) is 6.09. The van der Waals surface area contributed by atoms with E-state index in [2.05, 4.69) is 20.8 Å². The minimum absolute atomic E-state index is 0.0261. The van der Waals surface area contributed by atoms with Gasteiger partial charge in [-0.3, -0.25) is 14.9 Å². The van der Waals surface area contributed by atoms with E-state index in [-0.39, 0.29) is 29.9 Å². The van der Waals surface area contributed by atoms with Crippen LogP contribution in [-0.2, 0) is 14.9 Å². The molecule has 1 aromatic carbocycles. The highest BCUT2D eigenvalue weighted by molar-refractivity contribution is 5.70. The zero-order valence-corrected chi connectivity index (χ0v) is 13.1. The Hall–Kier alpha value is -1.91. The minimum Gasteiger partial charge on any atom is -0.466 e. The van der Waals surface area contributed by atoms with Gasteiger partial charge in [0.05, 0.1) is 18.9 Å². The highest BCUT2D eigenvalue weighted by atomic mass is 16.6. The van der Waals surface area contributed by atoms with Crippen molar-refractivity contribution >= 4 is 5.97 Å². The number of carbonyl (C=O) groups excluding carboxylic acids is 1. The molecule has 0 bridgehead atoms. The first-order chi connectivity index (χ1) is 9.74. The molecule has 0 saturated heterocycles. The van der Waals surface area contributed by atoms with Gasteiger partial charge in [-0.25, -0.2) is 0 Å². The number of ether oxygens (including phenoxy) is 1. The molecule has 0 aliphatic rings. The maximum Gasteiger partial charge on any atom is 0.306 e. The highest BCUT2D eigenvalue weighted by Gasteiger charge is 2.23. The number of nitrogens with zero attached hydrogens (tertiary/aromatic N) is 1. The molecule has 0 fully saturated rings. The molecule has 5 heteroatoms. The van der Waals surface area contributed by atoms with Gasteiger partial charge in [0.25, 0.3) is 0 Å². The summed E-state index contributed by atoms with van der Waals surface area (Å²) >= 11 is 0. The average molecular weight is 293 g/mol. The third-order valence-electron chi connectivity index (χ3n) is 3.34. The SMILES string of the molecule is CCOC(=O)CC(C[N+](=O)[O-])c1ccc(C(C)(C)C)cc1. The largest absolute Gasteiger partial charge is 0.466 e. The molecule has 0 radical (unpaired) electrons. The lowest BCUT2D eigenvalue weighted by Gasteiger charge is -2.20. The molecule has 0 aliphatic heterocycles. The number of esters is 1. The van der Waals surface area contributed by atoms with Crippen LogP contribution in [0.2, 0.25) is 0 Å². The topological polar surface area (TPSA) is 69.4 Å². The van der Waals surface area contributed by atoms with Gasteiger partial charge in [-0.05, 0) is 23.5 Å². The molecule has 0 aromatic heterocycles. The van der Waals surface area contributed by atoms with Crippen LogP contribution in [0.15, 0.2) is 24.3 Å². The molecule has 1 rings (SSSR count). The molecule has 0 aliphatic carbocycles. The van der Waals surface area contributed by atoms with Gasteiger partial charge in [-0.2, -0.15) is 0 Å². The summed E-state index contributed by atoms with van der Waals surface area (Å²) in [4.78, 5) is 22.0. The van der Waals surface area contributed by atoms with Gasteiger partial charge in [0, 0.05) is 4.92 Å². The molecular formula is C16H23NO4. The van der Waals surface area contributed by atoms with E-state index < -0.39 is 11.9 Å². The van der Waals surface area contributed by atoms with Crippen molar-refractivity contribution in [2.45, 2.75) is 45.4 Å². The Morgan fingerprint density at radius 2 is 1.86 bits per heavy atom. The number of hydrogen-bond donors (Lipinski definition) is 0. The highest BCUT2D eigenvalue weighted by Crippen LogP contribution is 2.26. The number of hydrogen-bond acceptors (Lipinski definition) is 4. The van der Waals surface area contributed by atoms with Gasteiger partial charge < -0.3 is 4.74 Å². The molecular weight excluding hydrogens is 270 g/mol. The Morgan fingerprint density at radius 3 is 2.29 bits per heavy atom. The van der Waals surface area contributed by atoms with Crippen molar-refractivity contribution in [1.82, 2.24) is 0 Å². The van der Waals surface area contributed by atoms with Gasteiger partial charge >= 0.3 is 5.97 Å². The lowest BCUT2D eigenvalue weighted by Crippen LogP contribution is -2.18. The van der Waals surface area contributed by atoms with Crippen molar-refractivity contribution in [2.75, 3.05) is 13.2 Å². The Balaban J connectivity index is 2.92. The molecule has 0 amide bonds. The van der Waals surface area contributed by atoms with Crippen LogP contribution < -0.4 is 0 Å². The van der Waals surface area contributed by atoms with Crippen LogP contribution in [0, 0.1) is 10.1 Å². The fourth-order valence-corrected chi connectivity index (χ4v) is 2.14. The van der Waals surface area contributed by atoms with Crippen molar-refractivity contribution in [1.29, 1.82) is 0 Å². The normalized spacial score (nSPS) is 12.8. The smallest absolute Gasteiger partial charge is 0.306 e. The van der Waals surface area contributed by atoms with Gasteiger partial charge in [0.1, 0.15) is 0 Å². The van der Waals surface area contributed by atoms with Crippen LogP contribution >= 0.6 is 0 Å². The molecule has 1 atom stereocenters. The van der Waals surface area contributed by atoms with E-state index in [1.807, 2.05) is 24.3 Å². The maximum atomic E-state index is 11.6. The number of benzene rings is 1. The second-order valence-electron chi connectivity index (χ2n) is 6.09. The molecule has 1 aromatic rings. The average Bonchev–Trinajstić information content (AvgIpc) is 2.37. The second kappa shape index (κ2) is 7.20. The summed E-state index contributed by atoms with van der Waals surface area (Å²) < 4.78 is 4.89. The molecule has 116 valence electrons. The summed E-state index contributed by atoms with van der Waals surface area (Å²) in [5.74, 6) is -0.850. The Morgan fingerprint density at radius 1 is 1.29 bits per heavy atom. The molecule has 0 spiro atoms. The van der Waals surface area contributed by atoms with Crippen molar-refractivity contribution in [2.24, 2.45) is 0 Å². The maximum absolute atomic E-state index is 11.6. The standard InChI is InChI=1S/C16H23NO4/c1-5-21-15(18)10-13(11-17(19)20)12-6-8-14(9-7-12)16(2,3)4/h6-9,13H,5,10-11H2,1-4H3. The molecule has 0 saturated carbocycles. The van der Waals surface area contributed by atoms with Crippen molar-refractivity contribution < 1.29 is 14.5 Å². The third-order valence-corrected chi connectivity index (χ3v) is 3.34. The van der Waals surface area contributed by atoms with Crippen LogP contribution in [0.25, 0.3) is 0 Å². The number of carbonyl (C=O) groups is 1. The summed E-state index contributed by atoms with van der Waals surface area (Å²) in [5.41, 5.74) is 1.98. The third kappa shape index (κ3) is 5.53. The first-order valence-corrected chi connectivity index (χ1v) is 7.12. The Bertz CT molecular complexity index is 488. The summed E-state index contributed by atoms with van der Waals surface area (Å²) in [6.45, 7) is 8.05. The van der Waals surface area contributed by atoms with E-state index in [1.165, 1.54) is 0 Å². The van der Waals surface area contributed by atoms with Crippen LogP contribution in [-0.4, -0.2) is 24.0 Å². The minimum atomic E-state index is -0.451. The fourth-order valence-electron chi connectivity index (χ4n) is 2.14. The van der Waals surface area contributed by atoms with E-state index in [0.29, 0.717) is 0 Å². The van der Waals surface area contributed by atoms with Crippen LogP contribution in [0.3, 0.4) is 0 Å². The lowest BCUT2D eigenvalue weighted by molar-refractivity contribution is -0.483. The van der Waals surface area contributed by atoms with Crippen LogP contribution in [0.1, 0.15) is 51.2 Å². The van der Waals surface area contributed by atoms with Crippen LogP contribution in [0.5, 0.6) is 0 Å². The summed E-state index contributed by atoms with van der Waals surface area (Å²) in [7, 11) is 0. The molecule has 5 nitrogen and oxygen atoms in total. The van der Waals surface area contributed by atoms with Crippen LogP contribution in [0.4, 0.5) is 0 Å². The molecule has 0 heterocycles.